The van der Waals surface area contributed by atoms with Gasteiger partial charge in [0.25, 0.3) is 0 Å². The average molecular weight is 343 g/mol. The van der Waals surface area contributed by atoms with Gasteiger partial charge in [-0.2, -0.15) is 11.8 Å². The molecule has 0 aromatic heterocycles. The molecule has 0 aromatic rings. The van der Waals surface area contributed by atoms with Crippen molar-refractivity contribution in [2.75, 3.05) is 5.75 Å². The lowest BCUT2D eigenvalue weighted by Gasteiger charge is -2.57. The first-order valence-electron chi connectivity index (χ1n) is 9.97. The summed E-state index contributed by atoms with van der Waals surface area (Å²) in [6.07, 6.45) is 10.9. The van der Waals surface area contributed by atoms with Crippen molar-refractivity contribution in [3.8, 4) is 0 Å². The molecule has 0 aromatic carbocycles. The van der Waals surface area contributed by atoms with Gasteiger partial charge in [-0.1, -0.05) is 19.1 Å². The Morgan fingerprint density at radius 2 is 2.08 bits per heavy atom. The average Bonchev–Trinajstić information content (AvgIpc) is 3.02. The van der Waals surface area contributed by atoms with Crippen LogP contribution in [-0.4, -0.2) is 16.8 Å². The van der Waals surface area contributed by atoms with Crippen molar-refractivity contribution in [3.63, 3.8) is 0 Å². The number of carbonyl (C=O) groups excluding carboxylic acids is 1. The van der Waals surface area contributed by atoms with E-state index in [4.69, 9.17) is 0 Å². The van der Waals surface area contributed by atoms with Crippen LogP contribution in [0, 0.1) is 34.5 Å². The molecule has 1 aliphatic heterocycles. The summed E-state index contributed by atoms with van der Waals surface area (Å²) < 4.78 is 0. The van der Waals surface area contributed by atoms with Gasteiger partial charge >= 0.3 is 0 Å². The first-order chi connectivity index (χ1) is 11.5. The minimum absolute atomic E-state index is 0.398. The normalized spacial score (nSPS) is 52.3. The van der Waals surface area contributed by atoms with Crippen molar-refractivity contribution in [3.05, 3.63) is 23.8 Å². The first kappa shape index (κ1) is 15.7. The monoisotopic (exact) mass is 342 g/mol. The van der Waals surface area contributed by atoms with Crippen LogP contribution in [0.1, 0.15) is 58.8 Å². The number of rotatable bonds is 1. The number of fused-ring (bicyclic) bond motifs is 3. The Bertz CT molecular complexity index is 648. The molecule has 0 radical (unpaired) electrons. The summed E-state index contributed by atoms with van der Waals surface area (Å²) in [7, 11) is 0. The quantitative estimate of drug-likeness (QED) is 0.592. The number of carbonyl (C=O) groups is 1. The van der Waals surface area contributed by atoms with E-state index in [0.717, 1.165) is 36.5 Å². The van der Waals surface area contributed by atoms with Crippen LogP contribution < -0.4 is 0 Å². The Hall–Kier alpha value is -0.500. The molecule has 4 aliphatic carbocycles. The van der Waals surface area contributed by atoms with E-state index < -0.39 is 0 Å². The first-order valence-corrected chi connectivity index (χ1v) is 11.0. The second kappa shape index (κ2) is 5.02. The summed E-state index contributed by atoms with van der Waals surface area (Å²) in [6.45, 7) is 9.19. The van der Waals surface area contributed by atoms with Gasteiger partial charge in [-0.05, 0) is 86.2 Å². The zero-order chi connectivity index (χ0) is 16.7. The van der Waals surface area contributed by atoms with E-state index >= 15 is 0 Å². The standard InChI is InChI=1S/C22H30OS/c1-13(2)16-4-5-17-15-11-20-19-10-14(23)6-9-22(19,12-24-20)18(15)7-8-21(16,17)3/h10,15-18,20H,1,4-9,11-12H2,2-3H3/t15?,16?,17?,18?,20-,21+,22-/m0/s1. The third-order valence-electron chi connectivity index (χ3n) is 8.83. The fourth-order valence-corrected chi connectivity index (χ4v) is 9.71. The van der Waals surface area contributed by atoms with Gasteiger partial charge in [0.2, 0.25) is 0 Å². The summed E-state index contributed by atoms with van der Waals surface area (Å²) in [5, 5.41) is 0.654. The number of thioether (sulfide) groups is 1. The molecule has 1 saturated heterocycles. The minimum Gasteiger partial charge on any atom is -0.295 e. The van der Waals surface area contributed by atoms with Crippen LogP contribution in [0.15, 0.2) is 23.8 Å². The fraction of sp³-hybridized carbons (Fsp3) is 0.773. The Balaban J connectivity index is 1.54. The van der Waals surface area contributed by atoms with Gasteiger partial charge in [0, 0.05) is 22.8 Å². The molecule has 0 amide bonds. The van der Waals surface area contributed by atoms with Crippen molar-refractivity contribution in [1.29, 1.82) is 0 Å². The highest BCUT2D eigenvalue weighted by Gasteiger charge is 2.63. The number of hydrogen-bond acceptors (Lipinski definition) is 2. The smallest absolute Gasteiger partial charge is 0.155 e. The zero-order valence-electron chi connectivity index (χ0n) is 15.1. The second-order valence-electron chi connectivity index (χ2n) is 9.66. The summed E-state index contributed by atoms with van der Waals surface area (Å²) in [5.41, 5.74) is 3.89. The van der Waals surface area contributed by atoms with Crippen LogP contribution >= 0.6 is 11.8 Å². The largest absolute Gasteiger partial charge is 0.295 e. The lowest BCUT2D eigenvalue weighted by Crippen LogP contribution is -2.52. The highest BCUT2D eigenvalue weighted by molar-refractivity contribution is 8.00. The van der Waals surface area contributed by atoms with Crippen LogP contribution in [0.5, 0.6) is 0 Å². The summed E-state index contributed by atoms with van der Waals surface area (Å²) in [4.78, 5) is 12.0. The molecular weight excluding hydrogens is 312 g/mol. The van der Waals surface area contributed by atoms with Gasteiger partial charge in [0.15, 0.2) is 5.78 Å². The fourth-order valence-electron chi connectivity index (χ4n) is 7.85. The van der Waals surface area contributed by atoms with E-state index in [9.17, 15) is 4.79 Å². The maximum atomic E-state index is 12.0. The molecule has 7 atom stereocenters. The number of allylic oxidation sites excluding steroid dienone is 1. The molecule has 4 unspecified atom stereocenters. The third-order valence-corrected chi connectivity index (χ3v) is 10.4. The molecule has 5 rings (SSSR count). The highest BCUT2D eigenvalue weighted by atomic mass is 32.2. The van der Waals surface area contributed by atoms with E-state index in [1.165, 1.54) is 43.4 Å². The van der Waals surface area contributed by atoms with Crippen LogP contribution in [0.4, 0.5) is 0 Å². The Morgan fingerprint density at radius 1 is 1.25 bits per heavy atom. The van der Waals surface area contributed by atoms with Gasteiger partial charge < -0.3 is 0 Å². The lowest BCUT2D eigenvalue weighted by molar-refractivity contribution is -0.117. The number of hydrogen-bond donors (Lipinski definition) is 0. The minimum atomic E-state index is 0.398. The van der Waals surface area contributed by atoms with Crippen LogP contribution in [0.2, 0.25) is 0 Å². The van der Waals surface area contributed by atoms with Gasteiger partial charge in [-0.25, -0.2) is 0 Å². The van der Waals surface area contributed by atoms with Crippen molar-refractivity contribution in [2.24, 2.45) is 34.5 Å². The van der Waals surface area contributed by atoms with Crippen LogP contribution in [0.3, 0.4) is 0 Å². The van der Waals surface area contributed by atoms with Crippen molar-refractivity contribution >= 4 is 17.5 Å². The molecule has 2 bridgehead atoms. The summed E-state index contributed by atoms with van der Waals surface area (Å²) in [5.74, 6) is 5.09. The van der Waals surface area contributed by atoms with E-state index in [0.29, 0.717) is 21.9 Å². The maximum Gasteiger partial charge on any atom is 0.155 e. The molecule has 1 heterocycles. The lowest BCUT2D eigenvalue weighted by atomic mass is 9.46. The molecule has 130 valence electrons. The van der Waals surface area contributed by atoms with Crippen LogP contribution in [0.25, 0.3) is 0 Å². The predicted molar refractivity (Wildman–Crippen MR) is 101 cm³/mol. The Kier molecular flexibility index (Phi) is 3.29. The maximum absolute atomic E-state index is 12.0. The van der Waals surface area contributed by atoms with Crippen molar-refractivity contribution < 1.29 is 4.79 Å². The van der Waals surface area contributed by atoms with E-state index in [-0.39, 0.29) is 0 Å². The molecule has 1 nitrogen and oxygen atoms in total. The Morgan fingerprint density at radius 3 is 2.88 bits per heavy atom. The van der Waals surface area contributed by atoms with E-state index in [1.54, 1.807) is 5.57 Å². The van der Waals surface area contributed by atoms with Crippen molar-refractivity contribution in [1.82, 2.24) is 0 Å². The van der Waals surface area contributed by atoms with Gasteiger partial charge in [-0.15, -0.1) is 0 Å². The Labute approximate surface area is 150 Å². The van der Waals surface area contributed by atoms with Gasteiger partial charge in [-0.3, -0.25) is 4.79 Å². The van der Waals surface area contributed by atoms with Gasteiger partial charge in [0.05, 0.1) is 0 Å². The SMILES string of the molecule is C=C(C)C1CCC2C3C[C@@H]4SC[C@@]5(CCC(=O)C=C45)C3CC[C@]12C. The van der Waals surface area contributed by atoms with Gasteiger partial charge in [0.1, 0.15) is 0 Å². The molecule has 5 aliphatic rings. The second-order valence-corrected chi connectivity index (χ2v) is 10.8. The zero-order valence-corrected chi connectivity index (χ0v) is 16.0. The van der Waals surface area contributed by atoms with Crippen LogP contribution in [-0.2, 0) is 4.79 Å². The molecule has 0 N–H and O–H groups in total. The summed E-state index contributed by atoms with van der Waals surface area (Å²) in [6, 6.07) is 0. The van der Waals surface area contributed by atoms with Crippen molar-refractivity contribution in [2.45, 2.75) is 64.0 Å². The topological polar surface area (TPSA) is 17.1 Å². The third kappa shape index (κ3) is 1.82. The van der Waals surface area contributed by atoms with E-state index in [1.807, 2.05) is 0 Å². The number of ketones is 1. The summed E-state index contributed by atoms with van der Waals surface area (Å²) >= 11 is 2.18. The molecule has 4 fully saturated rings. The predicted octanol–water partition coefficient (Wildman–Crippen LogP) is 5.42. The van der Waals surface area contributed by atoms with E-state index in [2.05, 4.69) is 38.3 Å². The molecule has 3 saturated carbocycles. The highest BCUT2D eigenvalue weighted by Crippen LogP contribution is 2.71. The molecule has 0 spiro atoms. The molecule has 2 heteroatoms. The molecular formula is C22H30OS. The molecule has 24 heavy (non-hydrogen) atoms.